The Morgan fingerprint density at radius 1 is 1.19 bits per heavy atom. The Morgan fingerprint density at radius 2 is 2.00 bits per heavy atom. The first-order chi connectivity index (χ1) is 7.83. The predicted molar refractivity (Wildman–Crippen MR) is 66.2 cm³/mol. The molecule has 0 unspecified atom stereocenters. The first-order valence-electron chi connectivity index (χ1n) is 5.67. The van der Waals surface area contributed by atoms with E-state index >= 15 is 0 Å². The van der Waals surface area contributed by atoms with E-state index in [2.05, 4.69) is 48.1 Å². The highest BCUT2D eigenvalue weighted by molar-refractivity contribution is 5.66. The number of aryl methyl sites for hydroxylation is 2. The second kappa shape index (κ2) is 4.88. The van der Waals surface area contributed by atoms with Crippen molar-refractivity contribution in [1.82, 2.24) is 9.97 Å². The molecular formula is C14H16N2. The molecule has 0 aliphatic carbocycles. The van der Waals surface area contributed by atoms with Gasteiger partial charge in [0.2, 0.25) is 0 Å². The summed E-state index contributed by atoms with van der Waals surface area (Å²) in [5.74, 6) is 0. The van der Waals surface area contributed by atoms with Crippen molar-refractivity contribution in [1.29, 1.82) is 0 Å². The van der Waals surface area contributed by atoms with E-state index in [0.717, 1.165) is 18.5 Å². The minimum Gasteiger partial charge on any atom is -0.244 e. The zero-order valence-corrected chi connectivity index (χ0v) is 9.77. The SMILES string of the molecule is CCCc1cncnc1-c1ccccc1C. The van der Waals surface area contributed by atoms with E-state index in [9.17, 15) is 0 Å². The number of hydrogen-bond donors (Lipinski definition) is 0. The van der Waals surface area contributed by atoms with Gasteiger partial charge in [0.25, 0.3) is 0 Å². The minimum atomic E-state index is 1.03. The first kappa shape index (κ1) is 10.8. The summed E-state index contributed by atoms with van der Waals surface area (Å²) in [6, 6.07) is 8.35. The maximum Gasteiger partial charge on any atom is 0.116 e. The van der Waals surface area contributed by atoms with Gasteiger partial charge in [-0.2, -0.15) is 0 Å². The summed E-state index contributed by atoms with van der Waals surface area (Å²) in [7, 11) is 0. The summed E-state index contributed by atoms with van der Waals surface area (Å²) in [5, 5.41) is 0. The Morgan fingerprint density at radius 3 is 2.75 bits per heavy atom. The summed E-state index contributed by atoms with van der Waals surface area (Å²) in [6.45, 7) is 4.29. The predicted octanol–water partition coefficient (Wildman–Crippen LogP) is 3.40. The van der Waals surface area contributed by atoms with Crippen molar-refractivity contribution in [2.75, 3.05) is 0 Å². The molecule has 16 heavy (non-hydrogen) atoms. The van der Waals surface area contributed by atoms with E-state index in [4.69, 9.17) is 0 Å². The van der Waals surface area contributed by atoms with Crippen molar-refractivity contribution in [3.05, 3.63) is 47.9 Å². The van der Waals surface area contributed by atoms with Gasteiger partial charge in [0.15, 0.2) is 0 Å². The van der Waals surface area contributed by atoms with Gasteiger partial charge in [-0.3, -0.25) is 0 Å². The molecule has 2 heteroatoms. The van der Waals surface area contributed by atoms with Crippen LogP contribution in [-0.2, 0) is 6.42 Å². The summed E-state index contributed by atoms with van der Waals surface area (Å²) in [4.78, 5) is 8.53. The zero-order chi connectivity index (χ0) is 11.4. The average molecular weight is 212 g/mol. The molecule has 0 aliphatic heterocycles. The normalized spacial score (nSPS) is 10.4. The van der Waals surface area contributed by atoms with Crippen LogP contribution in [0, 0.1) is 6.92 Å². The average Bonchev–Trinajstić information content (AvgIpc) is 2.31. The fourth-order valence-electron chi connectivity index (χ4n) is 1.89. The molecule has 82 valence electrons. The van der Waals surface area contributed by atoms with E-state index < -0.39 is 0 Å². The maximum atomic E-state index is 4.42. The van der Waals surface area contributed by atoms with Crippen molar-refractivity contribution >= 4 is 0 Å². The van der Waals surface area contributed by atoms with Crippen LogP contribution in [0.25, 0.3) is 11.3 Å². The second-order valence-electron chi connectivity index (χ2n) is 3.96. The van der Waals surface area contributed by atoms with Gasteiger partial charge >= 0.3 is 0 Å². The zero-order valence-electron chi connectivity index (χ0n) is 9.77. The number of benzene rings is 1. The lowest BCUT2D eigenvalue weighted by Crippen LogP contribution is -1.95. The standard InChI is InChI=1S/C14H16N2/c1-3-6-12-9-15-10-16-14(12)13-8-5-4-7-11(13)2/h4-5,7-10H,3,6H2,1-2H3. The highest BCUT2D eigenvalue weighted by Gasteiger charge is 2.07. The van der Waals surface area contributed by atoms with Gasteiger partial charge in [0.05, 0.1) is 5.69 Å². The van der Waals surface area contributed by atoms with Gasteiger partial charge in [-0.05, 0) is 24.5 Å². The Bertz CT molecular complexity index is 478. The van der Waals surface area contributed by atoms with E-state index in [0.29, 0.717) is 0 Å². The van der Waals surface area contributed by atoms with Crippen LogP contribution in [0.5, 0.6) is 0 Å². The molecule has 0 radical (unpaired) electrons. The number of hydrogen-bond acceptors (Lipinski definition) is 2. The molecule has 0 bridgehead atoms. The fourth-order valence-corrected chi connectivity index (χ4v) is 1.89. The van der Waals surface area contributed by atoms with Crippen molar-refractivity contribution in [3.63, 3.8) is 0 Å². The maximum absolute atomic E-state index is 4.42. The Kier molecular flexibility index (Phi) is 3.30. The second-order valence-corrected chi connectivity index (χ2v) is 3.96. The smallest absolute Gasteiger partial charge is 0.116 e. The number of nitrogens with zero attached hydrogens (tertiary/aromatic N) is 2. The van der Waals surface area contributed by atoms with Crippen molar-refractivity contribution in [3.8, 4) is 11.3 Å². The molecule has 0 fully saturated rings. The molecule has 0 N–H and O–H groups in total. The molecule has 1 aromatic carbocycles. The summed E-state index contributed by atoms with van der Waals surface area (Å²) >= 11 is 0. The molecule has 2 nitrogen and oxygen atoms in total. The van der Waals surface area contributed by atoms with Crippen LogP contribution in [0.3, 0.4) is 0 Å². The summed E-state index contributed by atoms with van der Waals surface area (Å²) in [6.07, 6.45) is 5.70. The van der Waals surface area contributed by atoms with Gasteiger partial charge in [-0.1, -0.05) is 37.6 Å². The molecule has 0 saturated carbocycles. The highest BCUT2D eigenvalue weighted by atomic mass is 14.8. The third kappa shape index (κ3) is 2.11. The van der Waals surface area contributed by atoms with Crippen LogP contribution in [0.1, 0.15) is 24.5 Å². The van der Waals surface area contributed by atoms with Crippen LogP contribution in [0.2, 0.25) is 0 Å². The topological polar surface area (TPSA) is 25.8 Å². The fraction of sp³-hybridized carbons (Fsp3) is 0.286. The Hall–Kier alpha value is -1.70. The minimum absolute atomic E-state index is 1.03. The van der Waals surface area contributed by atoms with Gasteiger partial charge < -0.3 is 0 Å². The molecule has 1 aromatic heterocycles. The first-order valence-corrected chi connectivity index (χ1v) is 5.67. The van der Waals surface area contributed by atoms with Crippen molar-refractivity contribution in [2.24, 2.45) is 0 Å². The largest absolute Gasteiger partial charge is 0.244 e. The van der Waals surface area contributed by atoms with Gasteiger partial charge in [-0.25, -0.2) is 9.97 Å². The highest BCUT2D eigenvalue weighted by Crippen LogP contribution is 2.24. The molecule has 0 aliphatic rings. The van der Waals surface area contributed by atoms with Crippen LogP contribution in [0.4, 0.5) is 0 Å². The molecule has 2 aromatic rings. The van der Waals surface area contributed by atoms with E-state index in [-0.39, 0.29) is 0 Å². The lowest BCUT2D eigenvalue weighted by atomic mass is 10.0. The summed E-state index contributed by atoms with van der Waals surface area (Å²) in [5.41, 5.74) is 4.79. The van der Waals surface area contributed by atoms with Gasteiger partial charge in [0, 0.05) is 11.8 Å². The van der Waals surface area contributed by atoms with E-state index in [1.807, 2.05) is 6.20 Å². The molecule has 1 heterocycles. The van der Waals surface area contributed by atoms with Crippen molar-refractivity contribution < 1.29 is 0 Å². The van der Waals surface area contributed by atoms with Crippen LogP contribution >= 0.6 is 0 Å². The molecule has 0 saturated heterocycles. The van der Waals surface area contributed by atoms with E-state index in [1.54, 1.807) is 6.33 Å². The Labute approximate surface area is 96.4 Å². The van der Waals surface area contributed by atoms with Crippen molar-refractivity contribution in [2.45, 2.75) is 26.7 Å². The third-order valence-corrected chi connectivity index (χ3v) is 2.71. The lowest BCUT2D eigenvalue weighted by Gasteiger charge is -2.09. The monoisotopic (exact) mass is 212 g/mol. The number of aromatic nitrogens is 2. The molecule has 0 amide bonds. The van der Waals surface area contributed by atoms with Crippen LogP contribution in [-0.4, -0.2) is 9.97 Å². The Balaban J connectivity index is 2.51. The van der Waals surface area contributed by atoms with Crippen LogP contribution < -0.4 is 0 Å². The quantitative estimate of drug-likeness (QED) is 0.779. The molecule has 0 spiro atoms. The lowest BCUT2D eigenvalue weighted by molar-refractivity contribution is 0.903. The van der Waals surface area contributed by atoms with E-state index in [1.165, 1.54) is 16.7 Å². The third-order valence-electron chi connectivity index (χ3n) is 2.71. The molecule has 0 atom stereocenters. The molecule has 2 rings (SSSR count). The molecular weight excluding hydrogens is 196 g/mol. The van der Waals surface area contributed by atoms with Gasteiger partial charge in [-0.15, -0.1) is 0 Å². The van der Waals surface area contributed by atoms with Crippen LogP contribution in [0.15, 0.2) is 36.8 Å². The van der Waals surface area contributed by atoms with Gasteiger partial charge in [0.1, 0.15) is 6.33 Å². The number of rotatable bonds is 3. The summed E-state index contributed by atoms with van der Waals surface area (Å²) < 4.78 is 0.